The van der Waals surface area contributed by atoms with E-state index in [1.807, 2.05) is 0 Å². The average molecular weight is 293 g/mol. The third-order valence-corrected chi connectivity index (χ3v) is 33.3. The highest BCUT2D eigenvalue weighted by Crippen LogP contribution is 2.53. The summed E-state index contributed by atoms with van der Waals surface area (Å²) in [5.41, 5.74) is 0. The van der Waals surface area contributed by atoms with Gasteiger partial charge in [0.25, 0.3) is 0 Å². The van der Waals surface area contributed by atoms with Crippen LogP contribution >= 0.6 is 0 Å². The van der Waals surface area contributed by atoms with Crippen LogP contribution in [0.2, 0.25) is 68.9 Å². The van der Waals surface area contributed by atoms with Crippen molar-refractivity contribution in [1.82, 2.24) is 0 Å². The van der Waals surface area contributed by atoms with Crippen molar-refractivity contribution < 1.29 is 0 Å². The van der Waals surface area contributed by atoms with Crippen molar-refractivity contribution >= 4 is 33.6 Å². The van der Waals surface area contributed by atoms with Crippen molar-refractivity contribution in [3.8, 4) is 0 Å². The van der Waals surface area contributed by atoms with Crippen LogP contribution in [0.1, 0.15) is 6.92 Å². The van der Waals surface area contributed by atoms with Gasteiger partial charge in [0.2, 0.25) is 0 Å². The van der Waals surface area contributed by atoms with Gasteiger partial charge < -0.3 is 0 Å². The maximum absolute atomic E-state index is 8.96. The van der Waals surface area contributed by atoms with Crippen LogP contribution in [-0.2, 0) is 0 Å². The summed E-state index contributed by atoms with van der Waals surface area (Å²) < 4.78 is 18.1. The maximum atomic E-state index is 8.96. The van der Waals surface area contributed by atoms with E-state index in [4.69, 9.17) is 2.47 Å². The highest BCUT2D eigenvalue weighted by atomic mass is 28.5. The van der Waals surface area contributed by atoms with E-state index in [0.717, 1.165) is 6.04 Å². The molecule has 0 spiro atoms. The average Bonchev–Trinajstić information content (AvgIpc) is 1.94. The van der Waals surface area contributed by atoms with Gasteiger partial charge in [0.1, 0.15) is 0 Å². The fourth-order valence-corrected chi connectivity index (χ4v) is 39.9. The smallest absolute Gasteiger partial charge is 0.0420 e. The minimum atomic E-state index is -2.68. The third-order valence-electron chi connectivity index (χ3n) is 3.82. The topological polar surface area (TPSA) is 0 Å². The molecule has 0 N–H and O–H groups in total. The Balaban J connectivity index is 6.47. The van der Waals surface area contributed by atoms with E-state index in [1.165, 1.54) is 0 Å². The highest BCUT2D eigenvalue weighted by molar-refractivity contribution is 7.23. The summed E-state index contributed by atoms with van der Waals surface area (Å²) in [6.07, 6.45) is 0. The van der Waals surface area contributed by atoms with Crippen molar-refractivity contribution in [2.75, 3.05) is 0 Å². The molecule has 0 atom stereocenters. The van der Waals surface area contributed by atoms with Crippen LogP contribution in [0.3, 0.4) is 0 Å². The van der Waals surface area contributed by atoms with E-state index in [0.29, 0.717) is 0 Å². The molecule has 0 amide bonds. The first kappa shape index (κ1) is 13.3. The highest BCUT2D eigenvalue weighted by Gasteiger charge is 2.58. The normalized spacial score (nSPS) is 18.1. The Hall–Kier alpha value is 0.868. The van der Waals surface area contributed by atoms with Crippen LogP contribution < -0.4 is 0 Å². The van der Waals surface area contributed by atoms with Crippen LogP contribution in [0.15, 0.2) is 0 Å². The zero-order chi connectivity index (χ0) is 15.2. The molecular formula is C12H34Si4. The fourth-order valence-electron chi connectivity index (χ4n) is 4.44. The van der Waals surface area contributed by atoms with Crippen LogP contribution in [-0.4, -0.2) is 36.1 Å². The molecule has 0 aliphatic carbocycles. The monoisotopic (exact) mass is 292 g/mol. The second-order valence-electron chi connectivity index (χ2n) is 8.03. The van der Waals surface area contributed by atoms with Crippen molar-refractivity contribution in [3.63, 3.8) is 0 Å². The van der Waals surface area contributed by atoms with E-state index in [9.17, 15) is 0 Å². The third kappa shape index (κ3) is 2.82. The first-order valence-electron chi connectivity index (χ1n) is 7.56. The summed E-state index contributed by atoms with van der Waals surface area (Å²) in [7, 11) is -7.34. The second-order valence-corrected chi connectivity index (χ2v) is 28.6. The van der Waals surface area contributed by atoms with E-state index >= 15 is 0 Å². The van der Waals surface area contributed by atoms with E-state index in [-0.39, 0.29) is 3.91 Å². The lowest BCUT2D eigenvalue weighted by molar-refractivity contribution is 1.20. The Morgan fingerprint density at radius 3 is 1.12 bits per heavy atom. The van der Waals surface area contributed by atoms with E-state index in [1.54, 1.807) is 0 Å². The lowest BCUT2D eigenvalue weighted by atomic mass is 11.0. The van der Waals surface area contributed by atoms with Gasteiger partial charge >= 0.3 is 0 Å². The largest absolute Gasteiger partial charge is 0.0698 e. The van der Waals surface area contributed by atoms with Crippen LogP contribution in [0.5, 0.6) is 0 Å². The zero-order valence-electron chi connectivity index (χ0n) is 15.2. The zero-order valence-corrected chi connectivity index (χ0v) is 17.2. The Morgan fingerprint density at radius 1 is 0.812 bits per heavy atom. The minimum Gasteiger partial charge on any atom is -0.0698 e. The molecule has 0 aromatic carbocycles. The lowest BCUT2D eigenvalue weighted by Gasteiger charge is -2.59. The molecule has 0 radical (unpaired) electrons. The van der Waals surface area contributed by atoms with Crippen LogP contribution in [0.4, 0.5) is 0 Å². The molecule has 16 heavy (non-hydrogen) atoms. The van der Waals surface area contributed by atoms with Crippen molar-refractivity contribution in [2.24, 2.45) is 0 Å². The van der Waals surface area contributed by atoms with Crippen LogP contribution in [0, 0.1) is 0 Å². The van der Waals surface area contributed by atoms with Crippen molar-refractivity contribution in [1.29, 1.82) is 2.47 Å². The fraction of sp³-hybridized carbons (Fsp3) is 1.00. The molecule has 0 aromatic heterocycles. The molecule has 0 aliphatic rings. The van der Waals surface area contributed by atoms with Crippen LogP contribution in [0.25, 0.3) is 0 Å². The van der Waals surface area contributed by atoms with Gasteiger partial charge in [-0.3, -0.25) is 0 Å². The van der Waals surface area contributed by atoms with Gasteiger partial charge in [-0.2, -0.15) is 0 Å². The number of hydrogen-bond acceptors (Lipinski definition) is 0. The summed E-state index contributed by atoms with van der Waals surface area (Å²) in [6.45, 7) is 24.0. The van der Waals surface area contributed by atoms with Gasteiger partial charge in [-0.05, 0) is 0 Å². The lowest BCUT2D eigenvalue weighted by Crippen LogP contribution is -2.68. The molecule has 98 valence electrons. The summed E-state index contributed by atoms with van der Waals surface area (Å²) in [6, 6.07) is 0.797. The molecule has 0 fully saturated rings. The Labute approximate surface area is 112 Å². The Kier molecular flexibility index (Phi) is 4.04. The molecule has 0 heterocycles. The molecule has 0 nitrogen and oxygen atoms in total. The number of rotatable bonds is 5. The number of hydrogen-bond donors (Lipinski definition) is 0. The Morgan fingerprint density at radius 2 is 1.06 bits per heavy atom. The predicted octanol–water partition coefficient (Wildman–Crippen LogP) is 4.38. The summed E-state index contributed by atoms with van der Waals surface area (Å²) in [5, 5.41) is 0. The molecule has 4 heteroatoms. The summed E-state index contributed by atoms with van der Waals surface area (Å²) in [5.74, 6) is 0. The van der Waals surface area contributed by atoms with Gasteiger partial charge in [-0.1, -0.05) is 75.8 Å². The Bertz CT molecular complexity index is 259. The van der Waals surface area contributed by atoms with Gasteiger partial charge in [0, 0.05) is 36.1 Å². The first-order valence-corrected chi connectivity index (χ1v) is 18.3. The van der Waals surface area contributed by atoms with Crippen molar-refractivity contribution in [2.45, 2.75) is 75.8 Å². The molecule has 0 rings (SSSR count). The van der Waals surface area contributed by atoms with Gasteiger partial charge in [0.15, 0.2) is 0 Å². The van der Waals surface area contributed by atoms with Crippen molar-refractivity contribution in [3.05, 3.63) is 0 Å². The van der Waals surface area contributed by atoms with E-state index in [2.05, 4.69) is 65.8 Å². The summed E-state index contributed by atoms with van der Waals surface area (Å²) in [4.78, 5) is 0. The molecular weight excluding hydrogens is 256 g/mol. The predicted molar refractivity (Wildman–Crippen MR) is 91.8 cm³/mol. The quantitative estimate of drug-likeness (QED) is 0.660. The minimum absolute atomic E-state index is 0.148. The molecule has 0 aromatic rings. The van der Waals surface area contributed by atoms with E-state index < -0.39 is 33.6 Å². The molecule has 0 aliphatic heterocycles. The summed E-state index contributed by atoms with van der Waals surface area (Å²) >= 11 is 0. The molecule has 0 unspecified atom stereocenters. The van der Waals surface area contributed by atoms with Gasteiger partial charge in [-0.25, -0.2) is 0 Å². The van der Waals surface area contributed by atoms with Gasteiger partial charge in [-0.15, -0.1) is 0 Å². The molecule has 0 bridgehead atoms. The maximum Gasteiger partial charge on any atom is 0.0420 e. The molecule has 0 saturated heterocycles. The second kappa shape index (κ2) is 4.86. The first-order chi connectivity index (χ1) is 7.56. The SMILES string of the molecule is [2H][Si]([2H])(CC)C([Si](C)(C)C)([Si](C)(C)C)[Si](C)(C)C. The standard InChI is InChI=1S/C12H34Si4/c1-11-13-12(14(2,3)4,15(5,6)7)16(8,9)10/h11,13H2,1-10H3/i13D2. The van der Waals surface area contributed by atoms with Gasteiger partial charge in [0.05, 0.1) is 0 Å². The molecule has 0 saturated carbocycles.